The number of pyridine rings is 1. The Morgan fingerprint density at radius 1 is 1.13 bits per heavy atom. The maximum absolute atomic E-state index is 13.3. The molecule has 2 aliphatic carbocycles. The molecule has 0 saturated heterocycles. The summed E-state index contributed by atoms with van der Waals surface area (Å²) < 4.78 is 21.7. The van der Waals surface area contributed by atoms with Gasteiger partial charge in [-0.25, -0.2) is 4.39 Å². The molecule has 0 atom stereocenters. The topological polar surface area (TPSA) is 63.2 Å². The Kier molecular flexibility index (Phi) is 4.69. The van der Waals surface area contributed by atoms with E-state index in [0.717, 1.165) is 53.5 Å². The number of aryl methyl sites for hydroxylation is 1. The Hall–Kier alpha value is -2.94. The minimum Gasteiger partial charge on any atom is -0.490 e. The van der Waals surface area contributed by atoms with Gasteiger partial charge in [0.25, 0.3) is 0 Å². The van der Waals surface area contributed by atoms with Crippen LogP contribution in [-0.2, 0) is 11.8 Å². The number of halogens is 1. The molecule has 6 heteroatoms. The predicted molar refractivity (Wildman–Crippen MR) is 111 cm³/mol. The highest BCUT2D eigenvalue weighted by Gasteiger charge is 2.38. The highest BCUT2D eigenvalue weighted by atomic mass is 19.1. The molecule has 2 aliphatic rings. The quantitative estimate of drug-likeness (QED) is 0.606. The Labute approximate surface area is 175 Å². The lowest BCUT2D eigenvalue weighted by atomic mass is 9.70. The number of aromatic nitrogens is 3. The molecule has 2 heterocycles. The Balaban J connectivity index is 1.30. The van der Waals surface area contributed by atoms with Gasteiger partial charge in [-0.15, -0.1) is 10.2 Å². The zero-order valence-electron chi connectivity index (χ0n) is 17.1. The fraction of sp³-hybridized carbons (Fsp3) is 0.458. The van der Waals surface area contributed by atoms with E-state index in [4.69, 9.17) is 4.74 Å². The lowest BCUT2D eigenvalue weighted by molar-refractivity contribution is 0.131. The third kappa shape index (κ3) is 3.43. The van der Waals surface area contributed by atoms with Crippen molar-refractivity contribution in [2.24, 2.45) is 5.92 Å². The monoisotopic (exact) mass is 404 g/mol. The van der Waals surface area contributed by atoms with Gasteiger partial charge in [-0.3, -0.25) is 4.40 Å². The summed E-state index contributed by atoms with van der Waals surface area (Å²) in [4.78, 5) is 0. The van der Waals surface area contributed by atoms with Crippen LogP contribution in [-0.4, -0.2) is 20.7 Å². The summed E-state index contributed by atoms with van der Waals surface area (Å²) in [6, 6.07) is 10.9. The standard InChI is InChI=1S/C24H25FN4O/c1-16-21(10-13-29-22(14-17-2-3-17)27-28-23(16)29)30-20-8-11-24(15-26,12-9-20)18-4-6-19(25)7-5-18/h4-7,10,13,17,20H,2-3,8-9,11-12,14H2,1H3. The molecular weight excluding hydrogens is 379 g/mol. The van der Waals surface area contributed by atoms with Crippen molar-refractivity contribution >= 4 is 5.65 Å². The highest BCUT2D eigenvalue weighted by molar-refractivity contribution is 5.54. The van der Waals surface area contributed by atoms with Crippen molar-refractivity contribution in [3.8, 4) is 11.8 Å². The second-order valence-electron chi connectivity index (χ2n) is 8.78. The van der Waals surface area contributed by atoms with Gasteiger partial charge in [0.1, 0.15) is 17.4 Å². The first-order valence-electron chi connectivity index (χ1n) is 10.8. The number of nitrogens with zero attached hydrogens (tertiary/aromatic N) is 4. The van der Waals surface area contributed by atoms with Gasteiger partial charge in [0.05, 0.1) is 17.6 Å². The number of hydrogen-bond donors (Lipinski definition) is 0. The molecule has 0 N–H and O–H groups in total. The van der Waals surface area contributed by atoms with Crippen molar-refractivity contribution in [2.45, 2.75) is 63.4 Å². The van der Waals surface area contributed by atoms with Gasteiger partial charge in [-0.1, -0.05) is 12.1 Å². The lowest BCUT2D eigenvalue weighted by Gasteiger charge is -2.35. The molecule has 0 amide bonds. The van der Waals surface area contributed by atoms with E-state index in [1.165, 1.54) is 25.0 Å². The molecule has 5 nitrogen and oxygen atoms in total. The van der Waals surface area contributed by atoms with Crippen molar-refractivity contribution in [1.29, 1.82) is 5.26 Å². The van der Waals surface area contributed by atoms with Gasteiger partial charge >= 0.3 is 0 Å². The molecule has 0 radical (unpaired) electrons. The molecule has 3 aromatic rings. The van der Waals surface area contributed by atoms with E-state index in [0.29, 0.717) is 12.8 Å². The predicted octanol–water partition coefficient (Wildman–Crippen LogP) is 4.91. The third-order valence-corrected chi connectivity index (χ3v) is 6.71. The largest absolute Gasteiger partial charge is 0.490 e. The van der Waals surface area contributed by atoms with E-state index >= 15 is 0 Å². The summed E-state index contributed by atoms with van der Waals surface area (Å²) in [6.45, 7) is 2.03. The Bertz CT molecular complexity index is 1100. The molecule has 2 fully saturated rings. The third-order valence-electron chi connectivity index (χ3n) is 6.71. The average molecular weight is 404 g/mol. The molecule has 0 bridgehead atoms. The van der Waals surface area contributed by atoms with Crippen LogP contribution in [0.4, 0.5) is 4.39 Å². The summed E-state index contributed by atoms with van der Waals surface area (Å²) in [5, 5.41) is 18.7. The summed E-state index contributed by atoms with van der Waals surface area (Å²) in [6.07, 6.45) is 8.62. The van der Waals surface area contributed by atoms with Crippen LogP contribution < -0.4 is 4.74 Å². The number of ether oxygens (including phenoxy) is 1. The molecule has 30 heavy (non-hydrogen) atoms. The van der Waals surface area contributed by atoms with E-state index in [1.807, 2.05) is 19.2 Å². The first-order valence-corrected chi connectivity index (χ1v) is 10.8. The van der Waals surface area contributed by atoms with E-state index in [-0.39, 0.29) is 11.9 Å². The van der Waals surface area contributed by atoms with Crippen molar-refractivity contribution in [3.05, 3.63) is 59.3 Å². The second-order valence-corrected chi connectivity index (χ2v) is 8.78. The first-order chi connectivity index (χ1) is 14.6. The van der Waals surface area contributed by atoms with E-state index in [1.54, 1.807) is 12.1 Å². The molecular formula is C24H25FN4O. The minimum atomic E-state index is -0.558. The Morgan fingerprint density at radius 3 is 2.53 bits per heavy atom. The maximum atomic E-state index is 13.3. The maximum Gasteiger partial charge on any atom is 0.167 e. The van der Waals surface area contributed by atoms with Crippen molar-refractivity contribution in [1.82, 2.24) is 14.6 Å². The smallest absolute Gasteiger partial charge is 0.167 e. The fourth-order valence-corrected chi connectivity index (χ4v) is 4.58. The molecule has 1 aromatic carbocycles. The highest BCUT2D eigenvalue weighted by Crippen LogP contribution is 2.40. The summed E-state index contributed by atoms with van der Waals surface area (Å²) in [7, 11) is 0. The van der Waals surface area contributed by atoms with Gasteiger partial charge < -0.3 is 4.74 Å². The number of benzene rings is 1. The van der Waals surface area contributed by atoms with Crippen molar-refractivity contribution in [3.63, 3.8) is 0 Å². The molecule has 0 aliphatic heterocycles. The van der Waals surface area contributed by atoms with Gasteiger partial charge in [-0.2, -0.15) is 5.26 Å². The summed E-state index contributed by atoms with van der Waals surface area (Å²) in [5.41, 5.74) is 2.20. The minimum absolute atomic E-state index is 0.0573. The van der Waals surface area contributed by atoms with Crippen LogP contribution in [0.3, 0.4) is 0 Å². The zero-order valence-corrected chi connectivity index (χ0v) is 17.1. The van der Waals surface area contributed by atoms with Crippen LogP contribution in [0.15, 0.2) is 36.5 Å². The lowest BCUT2D eigenvalue weighted by Crippen LogP contribution is -2.34. The molecule has 2 saturated carbocycles. The molecule has 0 unspecified atom stereocenters. The van der Waals surface area contributed by atoms with Crippen LogP contribution in [0.25, 0.3) is 5.65 Å². The van der Waals surface area contributed by atoms with Gasteiger partial charge in [0.15, 0.2) is 5.65 Å². The molecule has 0 spiro atoms. The average Bonchev–Trinajstić information content (AvgIpc) is 3.49. The molecule has 2 aromatic heterocycles. The van der Waals surface area contributed by atoms with Crippen LogP contribution in [0.1, 0.15) is 55.5 Å². The number of rotatable bonds is 5. The van der Waals surface area contributed by atoms with Crippen LogP contribution in [0.5, 0.6) is 5.75 Å². The number of fused-ring (bicyclic) bond motifs is 1. The molecule has 154 valence electrons. The van der Waals surface area contributed by atoms with E-state index in [9.17, 15) is 9.65 Å². The Morgan fingerprint density at radius 2 is 1.87 bits per heavy atom. The van der Waals surface area contributed by atoms with E-state index < -0.39 is 5.41 Å². The summed E-state index contributed by atoms with van der Waals surface area (Å²) in [5.74, 6) is 2.35. The number of nitriles is 1. The molecule has 5 rings (SSSR count). The SMILES string of the molecule is Cc1c(OC2CCC(C#N)(c3ccc(F)cc3)CC2)ccn2c(CC3CC3)nnc12. The van der Waals surface area contributed by atoms with Crippen LogP contribution >= 0.6 is 0 Å². The van der Waals surface area contributed by atoms with Gasteiger partial charge in [0.2, 0.25) is 0 Å². The second kappa shape index (κ2) is 7.39. The van der Waals surface area contributed by atoms with Crippen molar-refractivity contribution < 1.29 is 9.13 Å². The van der Waals surface area contributed by atoms with Gasteiger partial charge in [-0.05, 0) is 75.1 Å². The van der Waals surface area contributed by atoms with Crippen LogP contribution in [0, 0.1) is 30.0 Å². The van der Waals surface area contributed by atoms with Crippen LogP contribution in [0.2, 0.25) is 0 Å². The fourth-order valence-electron chi connectivity index (χ4n) is 4.58. The summed E-state index contributed by atoms with van der Waals surface area (Å²) >= 11 is 0. The first kappa shape index (κ1) is 19.0. The van der Waals surface area contributed by atoms with E-state index in [2.05, 4.69) is 20.7 Å². The number of hydrogen-bond acceptors (Lipinski definition) is 4. The van der Waals surface area contributed by atoms with Gasteiger partial charge in [0, 0.05) is 18.2 Å². The normalized spacial score (nSPS) is 24.0. The zero-order chi connectivity index (χ0) is 20.7. The van der Waals surface area contributed by atoms with Crippen molar-refractivity contribution in [2.75, 3.05) is 0 Å².